The third-order valence-corrected chi connectivity index (χ3v) is 3.99. The van der Waals surface area contributed by atoms with Crippen molar-refractivity contribution in [3.05, 3.63) is 56.0 Å². The molecule has 1 unspecified atom stereocenters. The van der Waals surface area contributed by atoms with Gasteiger partial charge in [-0.1, -0.05) is 17.7 Å². The molecule has 0 bridgehead atoms. The van der Waals surface area contributed by atoms with Crippen molar-refractivity contribution in [1.29, 1.82) is 0 Å². The molecule has 0 aliphatic heterocycles. The van der Waals surface area contributed by atoms with E-state index in [1.807, 2.05) is 13.8 Å². The van der Waals surface area contributed by atoms with Crippen LogP contribution in [0, 0.1) is 19.7 Å². The van der Waals surface area contributed by atoms with Crippen LogP contribution in [0.3, 0.4) is 0 Å². The molecule has 0 radical (unpaired) electrons. The van der Waals surface area contributed by atoms with Gasteiger partial charge in [-0.15, -0.1) is 11.3 Å². The Labute approximate surface area is 109 Å². The van der Waals surface area contributed by atoms with Crippen molar-refractivity contribution in [2.45, 2.75) is 19.9 Å². The molecule has 0 amide bonds. The molecule has 1 atom stereocenters. The van der Waals surface area contributed by atoms with Gasteiger partial charge in [-0.2, -0.15) is 0 Å². The number of aryl methyl sites for hydroxylation is 2. The van der Waals surface area contributed by atoms with Gasteiger partial charge in [0.25, 0.3) is 0 Å². The number of benzene rings is 1. The van der Waals surface area contributed by atoms with Crippen molar-refractivity contribution in [2.24, 2.45) is 5.73 Å². The van der Waals surface area contributed by atoms with Crippen molar-refractivity contribution in [2.75, 3.05) is 0 Å². The fourth-order valence-corrected chi connectivity index (χ4v) is 3.01. The first-order valence-electron chi connectivity index (χ1n) is 5.26. The number of hydrogen-bond donors (Lipinski definition) is 1. The zero-order valence-corrected chi connectivity index (χ0v) is 11.2. The molecule has 0 spiro atoms. The largest absolute Gasteiger partial charge is 0.320 e. The van der Waals surface area contributed by atoms with Crippen LogP contribution >= 0.6 is 22.9 Å². The van der Waals surface area contributed by atoms with Crippen LogP contribution in [0.4, 0.5) is 4.39 Å². The summed E-state index contributed by atoms with van der Waals surface area (Å²) >= 11 is 7.47. The van der Waals surface area contributed by atoms with Gasteiger partial charge in [0, 0.05) is 9.75 Å². The normalized spacial score (nSPS) is 12.8. The van der Waals surface area contributed by atoms with Crippen LogP contribution in [0.15, 0.2) is 24.3 Å². The lowest BCUT2D eigenvalue weighted by atomic mass is 10.00. The highest BCUT2D eigenvalue weighted by atomic mass is 35.5. The minimum Gasteiger partial charge on any atom is -0.320 e. The summed E-state index contributed by atoms with van der Waals surface area (Å²) in [6, 6.07) is 6.44. The van der Waals surface area contributed by atoms with E-state index in [4.69, 9.17) is 17.3 Å². The molecule has 2 N–H and O–H groups in total. The summed E-state index contributed by atoms with van der Waals surface area (Å²) in [5.74, 6) is -0.416. The van der Waals surface area contributed by atoms with Gasteiger partial charge in [-0.05, 0) is 43.2 Å². The van der Waals surface area contributed by atoms with E-state index in [0.717, 1.165) is 11.1 Å². The molecule has 2 rings (SSSR count). The SMILES string of the molecule is Cc1cc(C(N)c2ccc(F)c(Cl)c2)c(C)s1. The Bertz CT molecular complexity index is 550. The molecule has 2 aromatic rings. The average molecular weight is 270 g/mol. The van der Waals surface area contributed by atoms with E-state index in [9.17, 15) is 4.39 Å². The van der Waals surface area contributed by atoms with E-state index in [-0.39, 0.29) is 11.1 Å². The highest BCUT2D eigenvalue weighted by molar-refractivity contribution is 7.12. The molecule has 1 heterocycles. The molecule has 0 fully saturated rings. The first-order valence-corrected chi connectivity index (χ1v) is 6.46. The second-order valence-electron chi connectivity index (χ2n) is 4.02. The summed E-state index contributed by atoms with van der Waals surface area (Å²) in [5.41, 5.74) is 8.08. The number of halogens is 2. The van der Waals surface area contributed by atoms with Crippen molar-refractivity contribution in [3.63, 3.8) is 0 Å². The molecular weight excluding hydrogens is 257 g/mol. The van der Waals surface area contributed by atoms with E-state index in [1.165, 1.54) is 15.8 Å². The quantitative estimate of drug-likeness (QED) is 0.869. The maximum Gasteiger partial charge on any atom is 0.141 e. The predicted octanol–water partition coefficient (Wildman–Crippen LogP) is 4.21. The fourth-order valence-electron chi connectivity index (χ4n) is 1.84. The molecule has 4 heteroatoms. The first-order chi connectivity index (χ1) is 7.99. The molecule has 0 aliphatic rings. The standard InChI is InChI=1S/C13H13ClFNS/c1-7-5-10(8(2)17-7)13(16)9-3-4-12(15)11(14)6-9/h3-6,13H,16H2,1-2H3. The summed E-state index contributed by atoms with van der Waals surface area (Å²) in [6.45, 7) is 4.09. The second-order valence-corrected chi connectivity index (χ2v) is 5.89. The maximum atomic E-state index is 13.1. The monoisotopic (exact) mass is 269 g/mol. The molecule has 0 saturated heterocycles. The Balaban J connectivity index is 2.40. The van der Waals surface area contributed by atoms with Crippen LogP contribution in [-0.4, -0.2) is 0 Å². The van der Waals surface area contributed by atoms with Crippen LogP contribution < -0.4 is 5.73 Å². The molecule has 0 aliphatic carbocycles. The Morgan fingerprint density at radius 1 is 1.29 bits per heavy atom. The highest BCUT2D eigenvalue weighted by Gasteiger charge is 2.15. The van der Waals surface area contributed by atoms with Crippen molar-refractivity contribution in [1.82, 2.24) is 0 Å². The Hall–Kier alpha value is -0.900. The van der Waals surface area contributed by atoms with Crippen molar-refractivity contribution < 1.29 is 4.39 Å². The van der Waals surface area contributed by atoms with Crippen LogP contribution in [-0.2, 0) is 0 Å². The highest BCUT2D eigenvalue weighted by Crippen LogP contribution is 2.30. The minimum absolute atomic E-state index is 0.113. The van der Waals surface area contributed by atoms with E-state index >= 15 is 0 Å². The van der Waals surface area contributed by atoms with Crippen molar-refractivity contribution >= 4 is 22.9 Å². The third-order valence-electron chi connectivity index (χ3n) is 2.72. The smallest absolute Gasteiger partial charge is 0.141 e. The lowest BCUT2D eigenvalue weighted by molar-refractivity contribution is 0.627. The summed E-state index contributed by atoms with van der Waals surface area (Å²) < 4.78 is 13.1. The predicted molar refractivity (Wildman–Crippen MR) is 71.2 cm³/mol. The Morgan fingerprint density at radius 2 is 2.00 bits per heavy atom. The molecule has 1 nitrogen and oxygen atoms in total. The number of rotatable bonds is 2. The van der Waals surface area contributed by atoms with Crippen LogP contribution in [0.2, 0.25) is 5.02 Å². The average Bonchev–Trinajstić information content (AvgIpc) is 2.61. The third kappa shape index (κ3) is 2.51. The lowest BCUT2D eigenvalue weighted by Crippen LogP contribution is -2.12. The van der Waals surface area contributed by atoms with Gasteiger partial charge in [0.1, 0.15) is 5.82 Å². The minimum atomic E-state index is -0.416. The van der Waals surface area contributed by atoms with Gasteiger partial charge < -0.3 is 5.73 Å². The van der Waals surface area contributed by atoms with E-state index in [1.54, 1.807) is 23.5 Å². The molecule has 1 aromatic carbocycles. The summed E-state index contributed by atoms with van der Waals surface area (Å²) in [7, 11) is 0. The Kier molecular flexibility index (Phi) is 3.52. The van der Waals surface area contributed by atoms with E-state index in [2.05, 4.69) is 6.07 Å². The number of thiophene rings is 1. The first kappa shape index (κ1) is 12.6. The fraction of sp³-hybridized carbons (Fsp3) is 0.231. The molecule has 0 saturated carbocycles. The van der Waals surface area contributed by atoms with Crippen LogP contribution in [0.25, 0.3) is 0 Å². The van der Waals surface area contributed by atoms with Gasteiger partial charge in [-0.25, -0.2) is 4.39 Å². The Morgan fingerprint density at radius 3 is 2.53 bits per heavy atom. The van der Waals surface area contributed by atoms with Crippen LogP contribution in [0.1, 0.15) is 26.9 Å². The topological polar surface area (TPSA) is 26.0 Å². The molecule has 90 valence electrons. The van der Waals surface area contributed by atoms with Gasteiger partial charge in [0.15, 0.2) is 0 Å². The lowest BCUT2D eigenvalue weighted by Gasteiger charge is -2.12. The molecule has 17 heavy (non-hydrogen) atoms. The zero-order chi connectivity index (χ0) is 12.6. The van der Waals surface area contributed by atoms with Gasteiger partial charge in [0.05, 0.1) is 11.1 Å². The number of hydrogen-bond acceptors (Lipinski definition) is 2. The second kappa shape index (κ2) is 4.77. The van der Waals surface area contributed by atoms with Crippen LogP contribution in [0.5, 0.6) is 0 Å². The van der Waals surface area contributed by atoms with E-state index < -0.39 is 5.82 Å². The van der Waals surface area contributed by atoms with E-state index in [0.29, 0.717) is 0 Å². The maximum absolute atomic E-state index is 13.1. The molecular formula is C13H13ClFNS. The van der Waals surface area contributed by atoms with Gasteiger partial charge in [-0.3, -0.25) is 0 Å². The van der Waals surface area contributed by atoms with Crippen molar-refractivity contribution in [3.8, 4) is 0 Å². The summed E-state index contributed by atoms with van der Waals surface area (Å²) in [5, 5.41) is 0.113. The summed E-state index contributed by atoms with van der Waals surface area (Å²) in [6.07, 6.45) is 0. The van der Waals surface area contributed by atoms with Gasteiger partial charge in [0.2, 0.25) is 0 Å². The summed E-state index contributed by atoms with van der Waals surface area (Å²) in [4.78, 5) is 2.41. The number of nitrogens with two attached hydrogens (primary N) is 1. The molecule has 1 aromatic heterocycles. The van der Waals surface area contributed by atoms with Gasteiger partial charge >= 0.3 is 0 Å². The zero-order valence-electron chi connectivity index (χ0n) is 9.63.